The van der Waals surface area contributed by atoms with Gasteiger partial charge in [0.2, 0.25) is 0 Å². The summed E-state index contributed by atoms with van der Waals surface area (Å²) < 4.78 is 5.72. The van der Waals surface area contributed by atoms with E-state index >= 15 is 0 Å². The molecular formula is C17H19NO3. The van der Waals surface area contributed by atoms with Crippen LogP contribution in [-0.4, -0.2) is 17.5 Å². The Kier molecular flexibility index (Phi) is 4.95. The van der Waals surface area contributed by atoms with E-state index in [0.29, 0.717) is 35.6 Å². The SMILES string of the molecule is C[C@H](O)Cc1c(C=O)ccc(OCc2ccccc2)c1N. The van der Waals surface area contributed by atoms with E-state index < -0.39 is 6.10 Å². The van der Waals surface area contributed by atoms with E-state index in [-0.39, 0.29) is 0 Å². The standard InChI is InChI=1S/C17H19NO3/c1-12(20)9-15-14(10-19)7-8-16(17(15)18)21-11-13-5-3-2-4-6-13/h2-8,10,12,20H,9,11,18H2,1H3/t12-/m0/s1. The van der Waals surface area contributed by atoms with E-state index in [1.54, 1.807) is 19.1 Å². The van der Waals surface area contributed by atoms with E-state index in [1.165, 1.54) is 0 Å². The third-order valence-corrected chi connectivity index (χ3v) is 3.22. The summed E-state index contributed by atoms with van der Waals surface area (Å²) in [4.78, 5) is 11.1. The molecule has 2 aromatic rings. The molecule has 0 saturated carbocycles. The minimum absolute atomic E-state index is 0.322. The normalized spacial score (nSPS) is 11.9. The van der Waals surface area contributed by atoms with Crippen LogP contribution in [0.5, 0.6) is 5.75 Å². The summed E-state index contributed by atoms with van der Waals surface area (Å²) in [6.45, 7) is 2.06. The van der Waals surface area contributed by atoms with Crippen molar-refractivity contribution in [3.63, 3.8) is 0 Å². The number of hydrogen-bond donors (Lipinski definition) is 2. The van der Waals surface area contributed by atoms with Gasteiger partial charge in [0.1, 0.15) is 18.6 Å². The highest BCUT2D eigenvalue weighted by Gasteiger charge is 2.13. The molecule has 4 nitrogen and oxygen atoms in total. The first-order valence-electron chi connectivity index (χ1n) is 6.83. The van der Waals surface area contributed by atoms with Gasteiger partial charge in [0.05, 0.1) is 11.8 Å². The van der Waals surface area contributed by atoms with Gasteiger partial charge in [0.25, 0.3) is 0 Å². The first-order chi connectivity index (χ1) is 10.1. The fourth-order valence-electron chi connectivity index (χ4n) is 2.15. The number of carbonyl (C=O) groups is 1. The van der Waals surface area contributed by atoms with Crippen molar-refractivity contribution in [3.05, 3.63) is 59.2 Å². The molecule has 0 bridgehead atoms. The highest BCUT2D eigenvalue weighted by Crippen LogP contribution is 2.29. The molecule has 3 N–H and O–H groups in total. The number of rotatable bonds is 6. The molecule has 0 fully saturated rings. The third kappa shape index (κ3) is 3.83. The lowest BCUT2D eigenvalue weighted by molar-refractivity contribution is 0.112. The fourth-order valence-corrected chi connectivity index (χ4v) is 2.15. The van der Waals surface area contributed by atoms with Gasteiger partial charge in [-0.15, -0.1) is 0 Å². The Balaban J connectivity index is 2.22. The molecule has 0 saturated heterocycles. The molecule has 0 aromatic heterocycles. The zero-order chi connectivity index (χ0) is 15.2. The molecule has 0 aliphatic heterocycles. The van der Waals surface area contributed by atoms with Crippen molar-refractivity contribution in [2.75, 3.05) is 5.73 Å². The number of nitrogens with two attached hydrogens (primary N) is 1. The summed E-state index contributed by atoms with van der Waals surface area (Å²) in [6, 6.07) is 13.1. The lowest BCUT2D eigenvalue weighted by Gasteiger charge is -2.15. The molecule has 0 amide bonds. The van der Waals surface area contributed by atoms with Crippen molar-refractivity contribution >= 4 is 12.0 Å². The summed E-state index contributed by atoms with van der Waals surface area (Å²) in [7, 11) is 0. The molecule has 0 aliphatic carbocycles. The van der Waals surface area contributed by atoms with Crippen LogP contribution in [-0.2, 0) is 13.0 Å². The van der Waals surface area contributed by atoms with Crippen LogP contribution in [0.15, 0.2) is 42.5 Å². The van der Waals surface area contributed by atoms with Crippen molar-refractivity contribution in [1.82, 2.24) is 0 Å². The van der Waals surface area contributed by atoms with Gasteiger partial charge in [0, 0.05) is 12.0 Å². The second-order valence-electron chi connectivity index (χ2n) is 4.99. The van der Waals surface area contributed by atoms with E-state index in [2.05, 4.69) is 0 Å². The largest absolute Gasteiger partial charge is 0.487 e. The van der Waals surface area contributed by atoms with Crippen molar-refractivity contribution in [1.29, 1.82) is 0 Å². The van der Waals surface area contributed by atoms with Crippen molar-refractivity contribution in [3.8, 4) is 5.75 Å². The Morgan fingerprint density at radius 2 is 1.95 bits per heavy atom. The van der Waals surface area contributed by atoms with Gasteiger partial charge in [-0.25, -0.2) is 0 Å². The van der Waals surface area contributed by atoms with Gasteiger partial charge in [0.15, 0.2) is 0 Å². The molecular weight excluding hydrogens is 266 g/mol. The smallest absolute Gasteiger partial charge is 0.150 e. The molecule has 2 rings (SSSR count). The van der Waals surface area contributed by atoms with Crippen molar-refractivity contribution < 1.29 is 14.6 Å². The predicted octanol–water partition coefficient (Wildman–Crippen LogP) is 2.58. The second kappa shape index (κ2) is 6.90. The van der Waals surface area contributed by atoms with E-state index in [9.17, 15) is 9.90 Å². The Hall–Kier alpha value is -2.33. The maximum atomic E-state index is 11.1. The number of aliphatic hydroxyl groups excluding tert-OH is 1. The molecule has 4 heteroatoms. The van der Waals surface area contributed by atoms with Gasteiger partial charge in [-0.3, -0.25) is 4.79 Å². The zero-order valence-electron chi connectivity index (χ0n) is 12.0. The number of nitrogen functional groups attached to an aromatic ring is 1. The molecule has 21 heavy (non-hydrogen) atoms. The summed E-state index contributed by atoms with van der Waals surface area (Å²) in [6.07, 6.45) is 0.493. The Labute approximate surface area is 124 Å². The van der Waals surface area contributed by atoms with E-state index in [1.807, 2.05) is 30.3 Å². The Morgan fingerprint density at radius 1 is 1.24 bits per heavy atom. The maximum Gasteiger partial charge on any atom is 0.150 e. The Morgan fingerprint density at radius 3 is 2.57 bits per heavy atom. The lowest BCUT2D eigenvalue weighted by Crippen LogP contribution is -2.11. The van der Waals surface area contributed by atoms with E-state index in [4.69, 9.17) is 10.5 Å². The number of benzene rings is 2. The quantitative estimate of drug-likeness (QED) is 0.632. The Bertz CT molecular complexity index is 609. The number of ether oxygens (including phenoxy) is 1. The monoisotopic (exact) mass is 285 g/mol. The van der Waals surface area contributed by atoms with Gasteiger partial charge in [-0.2, -0.15) is 0 Å². The van der Waals surface area contributed by atoms with E-state index in [0.717, 1.165) is 11.8 Å². The fraction of sp³-hybridized carbons (Fsp3) is 0.235. The van der Waals surface area contributed by atoms with Gasteiger partial charge in [-0.1, -0.05) is 30.3 Å². The van der Waals surface area contributed by atoms with Crippen molar-refractivity contribution in [2.24, 2.45) is 0 Å². The van der Waals surface area contributed by atoms with Gasteiger partial charge < -0.3 is 15.6 Å². The van der Waals surface area contributed by atoms with Crippen LogP contribution in [0, 0.1) is 0 Å². The van der Waals surface area contributed by atoms with Crippen LogP contribution in [0.4, 0.5) is 5.69 Å². The predicted molar refractivity (Wildman–Crippen MR) is 82.4 cm³/mol. The highest BCUT2D eigenvalue weighted by atomic mass is 16.5. The topological polar surface area (TPSA) is 72.5 Å². The molecule has 0 radical (unpaired) electrons. The maximum absolute atomic E-state index is 11.1. The number of hydrogen-bond acceptors (Lipinski definition) is 4. The lowest BCUT2D eigenvalue weighted by atomic mass is 10.00. The summed E-state index contributed by atoms with van der Waals surface area (Å²) >= 11 is 0. The van der Waals surface area contributed by atoms with Crippen LogP contribution in [0.1, 0.15) is 28.4 Å². The van der Waals surface area contributed by atoms with Crippen LogP contribution in [0.3, 0.4) is 0 Å². The highest BCUT2D eigenvalue weighted by molar-refractivity contribution is 5.82. The van der Waals surface area contributed by atoms with Crippen molar-refractivity contribution in [2.45, 2.75) is 26.1 Å². The zero-order valence-corrected chi connectivity index (χ0v) is 12.0. The minimum Gasteiger partial charge on any atom is -0.487 e. The van der Waals surface area contributed by atoms with Crippen LogP contribution < -0.4 is 10.5 Å². The number of carbonyl (C=O) groups excluding carboxylic acids is 1. The molecule has 2 aromatic carbocycles. The molecule has 0 unspecified atom stereocenters. The van der Waals surface area contributed by atoms with Gasteiger partial charge in [-0.05, 0) is 30.2 Å². The molecule has 0 spiro atoms. The number of aliphatic hydroxyl groups is 1. The molecule has 110 valence electrons. The summed E-state index contributed by atoms with van der Waals surface area (Å²) in [5.74, 6) is 0.528. The first-order valence-corrected chi connectivity index (χ1v) is 6.83. The van der Waals surface area contributed by atoms with Crippen LogP contribution in [0.2, 0.25) is 0 Å². The van der Waals surface area contributed by atoms with Gasteiger partial charge >= 0.3 is 0 Å². The second-order valence-corrected chi connectivity index (χ2v) is 4.99. The van der Waals surface area contributed by atoms with Crippen LogP contribution in [0.25, 0.3) is 0 Å². The molecule has 0 aliphatic rings. The molecule has 1 atom stereocenters. The summed E-state index contributed by atoms with van der Waals surface area (Å²) in [5.41, 5.74) is 8.64. The minimum atomic E-state index is -0.574. The number of anilines is 1. The third-order valence-electron chi connectivity index (χ3n) is 3.22. The average Bonchev–Trinajstić information content (AvgIpc) is 2.49. The summed E-state index contributed by atoms with van der Waals surface area (Å²) in [5, 5.41) is 9.54. The average molecular weight is 285 g/mol. The number of aldehydes is 1. The first kappa shape index (κ1) is 15.1. The van der Waals surface area contributed by atoms with Crippen LogP contribution >= 0.6 is 0 Å². The molecule has 0 heterocycles.